The Balaban J connectivity index is 2.12. The van der Waals surface area contributed by atoms with Crippen molar-refractivity contribution in [2.24, 2.45) is 0 Å². The van der Waals surface area contributed by atoms with Crippen molar-refractivity contribution >= 4 is 23.9 Å². The van der Waals surface area contributed by atoms with Gasteiger partial charge in [0, 0.05) is 24.6 Å². The van der Waals surface area contributed by atoms with Gasteiger partial charge in [-0.1, -0.05) is 18.2 Å². The van der Waals surface area contributed by atoms with Gasteiger partial charge in [-0.2, -0.15) is 16.9 Å². The molecule has 2 heterocycles. The van der Waals surface area contributed by atoms with E-state index in [1.165, 1.54) is 0 Å². The Kier molecular flexibility index (Phi) is 3.78. The number of hydrogen-bond acceptors (Lipinski definition) is 4. The van der Waals surface area contributed by atoms with Crippen molar-refractivity contribution in [3.8, 4) is 5.69 Å². The first-order valence-corrected chi connectivity index (χ1v) is 7.89. The molecule has 1 saturated heterocycles. The number of rotatable bonds is 3. The molecule has 2 aromatic rings. The molecule has 1 aromatic carbocycles. The van der Waals surface area contributed by atoms with E-state index >= 15 is 0 Å². The molecule has 1 aliphatic rings. The van der Waals surface area contributed by atoms with Crippen molar-refractivity contribution in [3.05, 3.63) is 41.6 Å². The highest BCUT2D eigenvalue weighted by atomic mass is 32.2. The Labute approximate surface area is 122 Å². The molecular formula is C15H17N3OS. The quantitative estimate of drug-likeness (QED) is 0.813. The summed E-state index contributed by atoms with van der Waals surface area (Å²) < 4.78 is 1.90. The number of para-hydroxylation sites is 1. The van der Waals surface area contributed by atoms with Gasteiger partial charge in [-0.3, -0.25) is 4.79 Å². The second-order valence-electron chi connectivity index (χ2n) is 4.79. The summed E-state index contributed by atoms with van der Waals surface area (Å²) in [5.74, 6) is 3.12. The third-order valence-corrected chi connectivity index (χ3v) is 4.45. The molecule has 0 amide bonds. The van der Waals surface area contributed by atoms with Crippen LogP contribution in [0.15, 0.2) is 30.3 Å². The van der Waals surface area contributed by atoms with Crippen molar-refractivity contribution in [1.82, 2.24) is 9.78 Å². The van der Waals surface area contributed by atoms with Gasteiger partial charge in [-0.25, -0.2) is 4.68 Å². The summed E-state index contributed by atoms with van der Waals surface area (Å²) in [7, 11) is 0. The van der Waals surface area contributed by atoms with Crippen molar-refractivity contribution in [2.45, 2.75) is 6.92 Å². The van der Waals surface area contributed by atoms with Crippen LogP contribution in [0.2, 0.25) is 0 Å². The highest BCUT2D eigenvalue weighted by molar-refractivity contribution is 7.99. The van der Waals surface area contributed by atoms with Gasteiger partial charge in [0.25, 0.3) is 0 Å². The molecule has 0 aliphatic carbocycles. The van der Waals surface area contributed by atoms with Gasteiger partial charge in [-0.05, 0) is 19.1 Å². The predicted octanol–water partition coefficient (Wildman–Crippen LogP) is 2.55. The average molecular weight is 287 g/mol. The number of carbonyl (C=O) groups excluding carboxylic acids is 1. The van der Waals surface area contributed by atoms with Gasteiger partial charge in [0.1, 0.15) is 5.82 Å². The van der Waals surface area contributed by atoms with E-state index in [1.54, 1.807) is 0 Å². The second-order valence-corrected chi connectivity index (χ2v) is 6.01. The first kappa shape index (κ1) is 13.2. The zero-order chi connectivity index (χ0) is 13.9. The lowest BCUT2D eigenvalue weighted by atomic mass is 10.2. The molecule has 4 nitrogen and oxygen atoms in total. The minimum Gasteiger partial charge on any atom is -0.354 e. The smallest absolute Gasteiger partial charge is 0.155 e. The first-order valence-electron chi connectivity index (χ1n) is 6.74. The third kappa shape index (κ3) is 2.33. The van der Waals surface area contributed by atoms with Crippen LogP contribution >= 0.6 is 11.8 Å². The summed E-state index contributed by atoms with van der Waals surface area (Å²) in [5.41, 5.74) is 2.50. The normalized spacial score (nSPS) is 15.3. The summed E-state index contributed by atoms with van der Waals surface area (Å²) in [4.78, 5) is 13.7. The number of aromatic nitrogens is 2. The van der Waals surface area contributed by atoms with Crippen LogP contribution < -0.4 is 4.90 Å². The highest BCUT2D eigenvalue weighted by Gasteiger charge is 2.22. The Morgan fingerprint density at radius 2 is 1.90 bits per heavy atom. The van der Waals surface area contributed by atoms with Crippen LogP contribution in [0, 0.1) is 6.92 Å². The molecule has 3 rings (SSSR count). The Morgan fingerprint density at radius 3 is 2.55 bits per heavy atom. The van der Waals surface area contributed by atoms with Gasteiger partial charge in [0.2, 0.25) is 0 Å². The number of aldehydes is 1. The Morgan fingerprint density at radius 1 is 1.20 bits per heavy atom. The monoisotopic (exact) mass is 287 g/mol. The van der Waals surface area contributed by atoms with Gasteiger partial charge >= 0.3 is 0 Å². The van der Waals surface area contributed by atoms with E-state index in [0.717, 1.165) is 48.1 Å². The van der Waals surface area contributed by atoms with Crippen LogP contribution in [0.5, 0.6) is 0 Å². The molecular weight excluding hydrogens is 270 g/mol. The first-order chi connectivity index (χ1) is 9.81. The van der Waals surface area contributed by atoms with E-state index in [2.05, 4.69) is 10.00 Å². The number of aryl methyl sites for hydroxylation is 1. The van der Waals surface area contributed by atoms with Crippen molar-refractivity contribution < 1.29 is 4.79 Å². The third-order valence-electron chi connectivity index (χ3n) is 3.51. The summed E-state index contributed by atoms with van der Waals surface area (Å²) in [5, 5.41) is 4.56. The zero-order valence-corrected chi connectivity index (χ0v) is 12.3. The standard InChI is InChI=1S/C15H17N3OS/c1-12-14(11-19)15(17-7-9-20-10-8-17)18(16-12)13-5-3-2-4-6-13/h2-6,11H,7-10H2,1H3. The molecule has 0 saturated carbocycles. The summed E-state index contributed by atoms with van der Waals surface area (Å²) in [6, 6.07) is 10.00. The number of benzene rings is 1. The molecule has 104 valence electrons. The van der Waals surface area contributed by atoms with Gasteiger partial charge < -0.3 is 4.90 Å². The van der Waals surface area contributed by atoms with Crippen LogP contribution in [0.25, 0.3) is 5.69 Å². The van der Waals surface area contributed by atoms with Gasteiger partial charge in [0.15, 0.2) is 6.29 Å². The van der Waals surface area contributed by atoms with Gasteiger partial charge in [0.05, 0.1) is 16.9 Å². The fraction of sp³-hybridized carbons (Fsp3) is 0.333. The van der Waals surface area contributed by atoms with Crippen LogP contribution in [0.4, 0.5) is 5.82 Å². The fourth-order valence-electron chi connectivity index (χ4n) is 2.49. The fourth-order valence-corrected chi connectivity index (χ4v) is 3.40. The van der Waals surface area contributed by atoms with Crippen molar-refractivity contribution in [1.29, 1.82) is 0 Å². The molecule has 0 spiro atoms. The van der Waals surface area contributed by atoms with Crippen molar-refractivity contribution in [2.75, 3.05) is 29.5 Å². The minimum atomic E-state index is 0.709. The average Bonchev–Trinajstić information content (AvgIpc) is 2.85. The number of nitrogens with zero attached hydrogens (tertiary/aromatic N) is 3. The predicted molar refractivity (Wildman–Crippen MR) is 83.2 cm³/mol. The van der Waals surface area contributed by atoms with Crippen LogP contribution in [0.1, 0.15) is 16.1 Å². The summed E-state index contributed by atoms with van der Waals surface area (Å²) in [6.45, 7) is 3.82. The molecule has 1 aromatic heterocycles. The lowest BCUT2D eigenvalue weighted by Gasteiger charge is -2.29. The van der Waals surface area contributed by atoms with Crippen LogP contribution in [-0.4, -0.2) is 40.7 Å². The maximum atomic E-state index is 11.5. The van der Waals surface area contributed by atoms with Crippen LogP contribution in [0.3, 0.4) is 0 Å². The molecule has 1 aliphatic heterocycles. The minimum absolute atomic E-state index is 0.709. The number of thioether (sulfide) groups is 1. The topological polar surface area (TPSA) is 38.1 Å². The Hall–Kier alpha value is -1.75. The summed E-state index contributed by atoms with van der Waals surface area (Å²) >= 11 is 1.96. The van der Waals surface area contributed by atoms with E-state index in [4.69, 9.17) is 0 Å². The molecule has 5 heteroatoms. The maximum absolute atomic E-state index is 11.5. The highest BCUT2D eigenvalue weighted by Crippen LogP contribution is 2.28. The van der Waals surface area contributed by atoms with E-state index in [9.17, 15) is 4.79 Å². The SMILES string of the molecule is Cc1nn(-c2ccccc2)c(N2CCSCC2)c1C=O. The molecule has 0 radical (unpaired) electrons. The summed E-state index contributed by atoms with van der Waals surface area (Å²) in [6.07, 6.45) is 0.929. The van der Waals surface area contributed by atoms with E-state index < -0.39 is 0 Å². The maximum Gasteiger partial charge on any atom is 0.155 e. The largest absolute Gasteiger partial charge is 0.354 e. The number of hydrogen-bond donors (Lipinski definition) is 0. The molecule has 0 unspecified atom stereocenters. The molecule has 20 heavy (non-hydrogen) atoms. The Bertz CT molecular complexity index is 603. The van der Waals surface area contributed by atoms with Gasteiger partial charge in [-0.15, -0.1) is 0 Å². The molecule has 0 atom stereocenters. The number of anilines is 1. The van der Waals surface area contributed by atoms with Crippen molar-refractivity contribution in [3.63, 3.8) is 0 Å². The lowest BCUT2D eigenvalue weighted by molar-refractivity contribution is 0.112. The van der Waals surface area contributed by atoms with E-state index in [0.29, 0.717) is 5.56 Å². The van der Waals surface area contributed by atoms with E-state index in [1.807, 2.05) is 53.7 Å². The lowest BCUT2D eigenvalue weighted by Crippen LogP contribution is -2.34. The second kappa shape index (κ2) is 5.71. The molecule has 0 N–H and O–H groups in total. The van der Waals surface area contributed by atoms with E-state index in [-0.39, 0.29) is 0 Å². The number of carbonyl (C=O) groups is 1. The van der Waals surface area contributed by atoms with Crippen LogP contribution in [-0.2, 0) is 0 Å². The molecule has 1 fully saturated rings. The zero-order valence-electron chi connectivity index (χ0n) is 11.5. The molecule has 0 bridgehead atoms.